The summed E-state index contributed by atoms with van der Waals surface area (Å²) in [7, 11) is 2.19. The molecule has 1 aliphatic rings. The number of hydrogen-bond acceptors (Lipinski definition) is 3. The summed E-state index contributed by atoms with van der Waals surface area (Å²) in [6, 6.07) is 6.93. The molecule has 3 nitrogen and oxygen atoms in total. The Hall–Kier alpha value is -1.22. The van der Waals surface area contributed by atoms with Crippen LogP contribution in [0.2, 0.25) is 0 Å². The zero-order valence-electron chi connectivity index (χ0n) is 12.6. The van der Waals surface area contributed by atoms with Crippen molar-refractivity contribution in [2.45, 2.75) is 45.8 Å². The number of piperidine rings is 1. The zero-order valence-corrected chi connectivity index (χ0v) is 12.6. The Morgan fingerprint density at radius 3 is 2.53 bits per heavy atom. The third-order valence-electron chi connectivity index (χ3n) is 3.65. The Kier molecular flexibility index (Phi) is 4.70. The average molecular weight is 262 g/mol. The SMILES string of the molecule is Cc1cc(OC(C)C)ccc1NC1CCN(C)CC1. The van der Waals surface area contributed by atoms with Crippen LogP contribution in [0.15, 0.2) is 18.2 Å². The van der Waals surface area contributed by atoms with E-state index in [1.54, 1.807) is 0 Å². The van der Waals surface area contributed by atoms with E-state index in [9.17, 15) is 0 Å². The molecule has 1 heterocycles. The number of likely N-dealkylation sites (tertiary alicyclic amines) is 1. The Labute approximate surface area is 116 Å². The maximum atomic E-state index is 5.72. The van der Waals surface area contributed by atoms with Gasteiger partial charge in [-0.15, -0.1) is 0 Å². The highest BCUT2D eigenvalue weighted by molar-refractivity contribution is 5.54. The van der Waals surface area contributed by atoms with Crippen LogP contribution in [0.25, 0.3) is 0 Å². The van der Waals surface area contributed by atoms with Gasteiger partial charge in [-0.1, -0.05) is 0 Å². The van der Waals surface area contributed by atoms with Gasteiger partial charge in [-0.2, -0.15) is 0 Å². The third kappa shape index (κ3) is 4.13. The molecule has 0 atom stereocenters. The van der Waals surface area contributed by atoms with Crippen LogP contribution in [0.1, 0.15) is 32.3 Å². The standard InChI is InChI=1S/C16H26N2O/c1-12(2)19-15-5-6-16(13(3)11-15)17-14-7-9-18(4)10-8-14/h5-6,11-12,14,17H,7-10H2,1-4H3. The molecule has 0 radical (unpaired) electrons. The van der Waals surface area contributed by atoms with Gasteiger partial charge < -0.3 is 15.0 Å². The summed E-state index contributed by atoms with van der Waals surface area (Å²) in [5, 5.41) is 3.67. The van der Waals surface area contributed by atoms with Crippen LogP contribution in [-0.4, -0.2) is 37.2 Å². The molecule has 0 aromatic heterocycles. The normalized spacial score (nSPS) is 17.7. The van der Waals surface area contributed by atoms with Crippen molar-refractivity contribution in [1.82, 2.24) is 4.90 Å². The van der Waals surface area contributed by atoms with Crippen LogP contribution in [-0.2, 0) is 0 Å². The summed E-state index contributed by atoms with van der Waals surface area (Å²) in [5.41, 5.74) is 2.50. The molecule has 1 aliphatic heterocycles. The van der Waals surface area contributed by atoms with Gasteiger partial charge in [0.15, 0.2) is 0 Å². The molecule has 3 heteroatoms. The maximum Gasteiger partial charge on any atom is 0.120 e. The highest BCUT2D eigenvalue weighted by Gasteiger charge is 2.16. The monoisotopic (exact) mass is 262 g/mol. The minimum absolute atomic E-state index is 0.229. The topological polar surface area (TPSA) is 24.5 Å². The molecule has 19 heavy (non-hydrogen) atoms. The first kappa shape index (κ1) is 14.2. The number of hydrogen-bond donors (Lipinski definition) is 1. The summed E-state index contributed by atoms with van der Waals surface area (Å²) in [6.45, 7) is 8.63. The second-order valence-corrected chi connectivity index (χ2v) is 5.87. The predicted molar refractivity (Wildman–Crippen MR) is 81.1 cm³/mol. The zero-order chi connectivity index (χ0) is 13.8. The molecule has 2 rings (SSSR count). The highest BCUT2D eigenvalue weighted by atomic mass is 16.5. The first-order valence-corrected chi connectivity index (χ1v) is 7.27. The lowest BCUT2D eigenvalue weighted by Crippen LogP contribution is -2.36. The minimum atomic E-state index is 0.229. The molecular weight excluding hydrogens is 236 g/mol. The molecule has 0 spiro atoms. The van der Waals surface area contributed by atoms with Crippen LogP contribution in [0.4, 0.5) is 5.69 Å². The Bertz CT molecular complexity index is 409. The van der Waals surface area contributed by atoms with E-state index in [-0.39, 0.29) is 6.10 Å². The van der Waals surface area contributed by atoms with Gasteiger partial charge >= 0.3 is 0 Å². The summed E-state index contributed by atoms with van der Waals surface area (Å²) in [4.78, 5) is 2.39. The van der Waals surface area contributed by atoms with Crippen LogP contribution in [0.5, 0.6) is 5.75 Å². The molecule has 1 N–H and O–H groups in total. The van der Waals surface area contributed by atoms with Gasteiger partial charge in [-0.3, -0.25) is 0 Å². The van der Waals surface area contributed by atoms with Gasteiger partial charge in [0.05, 0.1) is 6.10 Å². The van der Waals surface area contributed by atoms with E-state index in [1.165, 1.54) is 37.2 Å². The van der Waals surface area contributed by atoms with E-state index >= 15 is 0 Å². The molecule has 106 valence electrons. The number of nitrogens with one attached hydrogen (secondary N) is 1. The number of nitrogens with zero attached hydrogens (tertiary/aromatic N) is 1. The lowest BCUT2D eigenvalue weighted by Gasteiger charge is -2.30. The Morgan fingerprint density at radius 2 is 1.95 bits per heavy atom. The van der Waals surface area contributed by atoms with Gasteiger partial charge in [0.25, 0.3) is 0 Å². The average Bonchev–Trinajstić information content (AvgIpc) is 2.34. The van der Waals surface area contributed by atoms with Crippen molar-refractivity contribution in [2.75, 3.05) is 25.5 Å². The van der Waals surface area contributed by atoms with Crippen molar-refractivity contribution in [3.8, 4) is 5.75 Å². The number of aryl methyl sites for hydroxylation is 1. The molecule has 0 aliphatic carbocycles. The van der Waals surface area contributed by atoms with Crippen molar-refractivity contribution < 1.29 is 4.74 Å². The van der Waals surface area contributed by atoms with E-state index in [1.807, 2.05) is 0 Å². The van der Waals surface area contributed by atoms with Crippen molar-refractivity contribution in [3.05, 3.63) is 23.8 Å². The van der Waals surface area contributed by atoms with Crippen molar-refractivity contribution in [2.24, 2.45) is 0 Å². The lowest BCUT2D eigenvalue weighted by atomic mass is 10.0. The fourth-order valence-corrected chi connectivity index (χ4v) is 2.52. The molecule has 1 fully saturated rings. The molecule has 1 aromatic rings. The smallest absolute Gasteiger partial charge is 0.120 e. The van der Waals surface area contributed by atoms with E-state index < -0.39 is 0 Å². The summed E-state index contributed by atoms with van der Waals surface area (Å²) >= 11 is 0. The molecule has 1 saturated heterocycles. The first-order valence-electron chi connectivity index (χ1n) is 7.27. The number of rotatable bonds is 4. The van der Waals surface area contributed by atoms with E-state index in [2.05, 4.69) is 56.2 Å². The molecule has 0 amide bonds. The molecule has 0 saturated carbocycles. The number of benzene rings is 1. The minimum Gasteiger partial charge on any atom is -0.491 e. The van der Waals surface area contributed by atoms with Crippen LogP contribution in [0, 0.1) is 6.92 Å². The van der Waals surface area contributed by atoms with Gasteiger partial charge in [-0.25, -0.2) is 0 Å². The second kappa shape index (κ2) is 6.29. The van der Waals surface area contributed by atoms with Crippen molar-refractivity contribution in [1.29, 1.82) is 0 Å². The van der Waals surface area contributed by atoms with Gasteiger partial charge in [0.2, 0.25) is 0 Å². The number of ether oxygens (including phenoxy) is 1. The fourth-order valence-electron chi connectivity index (χ4n) is 2.52. The van der Waals surface area contributed by atoms with Crippen LogP contribution in [0.3, 0.4) is 0 Å². The second-order valence-electron chi connectivity index (χ2n) is 5.87. The maximum absolute atomic E-state index is 5.72. The van der Waals surface area contributed by atoms with E-state index in [0.717, 1.165) is 5.75 Å². The Balaban J connectivity index is 1.97. The first-order chi connectivity index (χ1) is 9.04. The van der Waals surface area contributed by atoms with Crippen molar-refractivity contribution >= 4 is 5.69 Å². The summed E-state index contributed by atoms with van der Waals surface area (Å²) in [5.74, 6) is 0.960. The van der Waals surface area contributed by atoms with Crippen LogP contribution < -0.4 is 10.1 Å². The largest absolute Gasteiger partial charge is 0.491 e. The molecule has 1 aromatic carbocycles. The van der Waals surface area contributed by atoms with Gasteiger partial charge in [0, 0.05) is 11.7 Å². The Morgan fingerprint density at radius 1 is 1.26 bits per heavy atom. The highest BCUT2D eigenvalue weighted by Crippen LogP contribution is 2.24. The molecule has 0 bridgehead atoms. The summed E-state index contributed by atoms with van der Waals surface area (Å²) in [6.07, 6.45) is 2.67. The molecular formula is C16H26N2O. The van der Waals surface area contributed by atoms with Gasteiger partial charge in [-0.05, 0) is 77.5 Å². The van der Waals surface area contributed by atoms with E-state index in [4.69, 9.17) is 4.74 Å². The lowest BCUT2D eigenvalue weighted by molar-refractivity contribution is 0.242. The molecule has 0 unspecified atom stereocenters. The predicted octanol–water partition coefficient (Wildman–Crippen LogP) is 3.29. The third-order valence-corrected chi connectivity index (χ3v) is 3.65. The van der Waals surface area contributed by atoms with E-state index in [0.29, 0.717) is 6.04 Å². The fraction of sp³-hybridized carbons (Fsp3) is 0.625. The summed E-state index contributed by atoms with van der Waals surface area (Å²) < 4.78 is 5.72. The quantitative estimate of drug-likeness (QED) is 0.901. The van der Waals surface area contributed by atoms with Crippen LogP contribution >= 0.6 is 0 Å². The number of anilines is 1. The van der Waals surface area contributed by atoms with Crippen molar-refractivity contribution in [3.63, 3.8) is 0 Å². The van der Waals surface area contributed by atoms with Gasteiger partial charge in [0.1, 0.15) is 5.75 Å².